The number of aromatic nitrogens is 1. The molecule has 0 spiro atoms. The topological polar surface area (TPSA) is 45.7 Å². The molecule has 0 aliphatic carbocycles. The van der Waals surface area contributed by atoms with E-state index in [1.165, 1.54) is 22.0 Å². The molecule has 1 amide bonds. The molecule has 150 valence electrons. The number of likely N-dealkylation sites (tertiary alicyclic amines) is 1. The van der Waals surface area contributed by atoms with Crippen molar-refractivity contribution in [1.82, 2.24) is 9.88 Å². The number of nitrogens with zero attached hydrogens (tertiary/aromatic N) is 3. The molecule has 28 heavy (non-hydrogen) atoms. The van der Waals surface area contributed by atoms with Crippen LogP contribution in [0.15, 0.2) is 29.0 Å². The Morgan fingerprint density at radius 2 is 1.96 bits per heavy atom. The van der Waals surface area contributed by atoms with Crippen LogP contribution in [0.1, 0.15) is 39.2 Å². The Morgan fingerprint density at radius 3 is 2.68 bits per heavy atom. The van der Waals surface area contributed by atoms with Crippen LogP contribution in [0.25, 0.3) is 10.8 Å². The maximum atomic E-state index is 12.3. The second-order valence-corrected chi connectivity index (χ2v) is 9.75. The minimum atomic E-state index is -0.434. The van der Waals surface area contributed by atoms with Crippen LogP contribution in [0.4, 0.5) is 10.5 Å². The lowest BCUT2D eigenvalue weighted by Gasteiger charge is -2.38. The Morgan fingerprint density at radius 1 is 1.21 bits per heavy atom. The van der Waals surface area contributed by atoms with E-state index in [0.29, 0.717) is 5.92 Å². The average molecular weight is 446 g/mol. The van der Waals surface area contributed by atoms with Crippen molar-refractivity contribution < 1.29 is 9.53 Å². The first kappa shape index (κ1) is 19.5. The fourth-order valence-corrected chi connectivity index (χ4v) is 4.70. The lowest BCUT2D eigenvalue weighted by atomic mass is 9.93. The van der Waals surface area contributed by atoms with Crippen molar-refractivity contribution in [2.45, 2.75) is 45.6 Å². The highest BCUT2D eigenvalue weighted by molar-refractivity contribution is 9.10. The van der Waals surface area contributed by atoms with Gasteiger partial charge in [-0.15, -0.1) is 0 Å². The molecule has 2 aliphatic heterocycles. The second kappa shape index (κ2) is 7.54. The third-order valence-corrected chi connectivity index (χ3v) is 6.35. The minimum Gasteiger partial charge on any atom is -0.444 e. The Labute approximate surface area is 175 Å². The summed E-state index contributed by atoms with van der Waals surface area (Å²) < 4.78 is 6.62. The van der Waals surface area contributed by atoms with Gasteiger partial charge in [0.15, 0.2) is 0 Å². The number of hydrogen-bond donors (Lipinski definition) is 0. The molecule has 5 nitrogen and oxygen atoms in total. The maximum absolute atomic E-state index is 12.3. The van der Waals surface area contributed by atoms with E-state index in [1.807, 2.05) is 38.1 Å². The molecule has 6 heteroatoms. The summed E-state index contributed by atoms with van der Waals surface area (Å²) in [5, 5.41) is 2.53. The number of rotatable bonds is 2. The molecule has 1 aromatic carbocycles. The van der Waals surface area contributed by atoms with Crippen molar-refractivity contribution in [1.29, 1.82) is 0 Å². The van der Waals surface area contributed by atoms with E-state index < -0.39 is 5.60 Å². The summed E-state index contributed by atoms with van der Waals surface area (Å²) in [5.41, 5.74) is 2.22. The maximum Gasteiger partial charge on any atom is 0.410 e. The lowest BCUT2D eigenvalue weighted by Crippen LogP contribution is -2.44. The van der Waals surface area contributed by atoms with Crippen molar-refractivity contribution >= 4 is 38.5 Å². The molecule has 3 heterocycles. The molecule has 2 aromatic rings. The van der Waals surface area contributed by atoms with E-state index >= 15 is 0 Å². The highest BCUT2D eigenvalue weighted by Crippen LogP contribution is 2.38. The van der Waals surface area contributed by atoms with Gasteiger partial charge in [-0.1, -0.05) is 15.9 Å². The van der Waals surface area contributed by atoms with Crippen LogP contribution >= 0.6 is 15.9 Å². The second-order valence-electron chi connectivity index (χ2n) is 8.89. The van der Waals surface area contributed by atoms with Crippen molar-refractivity contribution in [2.24, 2.45) is 5.92 Å². The van der Waals surface area contributed by atoms with E-state index in [9.17, 15) is 4.79 Å². The molecule has 0 atom stereocenters. The van der Waals surface area contributed by atoms with Crippen LogP contribution in [0.2, 0.25) is 0 Å². The molecule has 0 saturated carbocycles. The Kier molecular flexibility index (Phi) is 5.25. The average Bonchev–Trinajstić information content (AvgIpc) is 2.65. The van der Waals surface area contributed by atoms with Gasteiger partial charge in [-0.05, 0) is 63.6 Å². The molecule has 4 rings (SSSR count). The van der Waals surface area contributed by atoms with Gasteiger partial charge in [-0.25, -0.2) is 4.79 Å². The SMILES string of the molecule is CC(C)(C)OC(=O)N1CCC(CN2CCc3cncc4c(Br)ccc2c34)CC1. The van der Waals surface area contributed by atoms with Crippen LogP contribution in [0, 0.1) is 5.92 Å². The van der Waals surface area contributed by atoms with Crippen molar-refractivity contribution in [3.63, 3.8) is 0 Å². The van der Waals surface area contributed by atoms with Gasteiger partial charge < -0.3 is 14.5 Å². The number of piperidine rings is 1. The van der Waals surface area contributed by atoms with E-state index in [-0.39, 0.29) is 6.09 Å². The zero-order valence-electron chi connectivity index (χ0n) is 16.9. The highest BCUT2D eigenvalue weighted by atomic mass is 79.9. The molecule has 1 saturated heterocycles. The third kappa shape index (κ3) is 3.97. The Hall–Kier alpha value is -1.82. The Balaban J connectivity index is 1.43. The fraction of sp³-hybridized carbons (Fsp3) is 0.545. The summed E-state index contributed by atoms with van der Waals surface area (Å²) >= 11 is 3.67. The third-order valence-electron chi connectivity index (χ3n) is 5.66. The molecule has 0 radical (unpaired) electrons. The summed E-state index contributed by atoms with van der Waals surface area (Å²) in [6.45, 7) is 9.39. The summed E-state index contributed by atoms with van der Waals surface area (Å²) in [5.74, 6) is 0.598. The van der Waals surface area contributed by atoms with Crippen molar-refractivity contribution in [3.05, 3.63) is 34.6 Å². The lowest BCUT2D eigenvalue weighted by molar-refractivity contribution is 0.0186. The van der Waals surface area contributed by atoms with E-state index in [4.69, 9.17) is 4.74 Å². The number of benzene rings is 1. The number of amides is 1. The van der Waals surface area contributed by atoms with Crippen LogP contribution in [-0.4, -0.2) is 47.8 Å². The number of anilines is 1. The molecule has 2 aliphatic rings. The number of halogens is 1. The minimum absolute atomic E-state index is 0.181. The summed E-state index contributed by atoms with van der Waals surface area (Å²) in [4.78, 5) is 21.1. The largest absolute Gasteiger partial charge is 0.444 e. The molecule has 0 unspecified atom stereocenters. The van der Waals surface area contributed by atoms with Gasteiger partial charge in [0.2, 0.25) is 0 Å². The van der Waals surface area contributed by atoms with Gasteiger partial charge in [0.1, 0.15) is 5.60 Å². The van der Waals surface area contributed by atoms with Crippen LogP contribution in [0.5, 0.6) is 0 Å². The predicted octanol–water partition coefficient (Wildman–Crippen LogP) is 5.01. The quantitative estimate of drug-likeness (QED) is 0.651. The number of carbonyl (C=O) groups excluding carboxylic acids is 1. The van der Waals surface area contributed by atoms with Gasteiger partial charge in [0.25, 0.3) is 0 Å². The normalized spacial score (nSPS) is 17.9. The first-order valence-electron chi connectivity index (χ1n) is 10.1. The molecular weight excluding hydrogens is 418 g/mol. The Bertz CT molecular complexity index is 885. The van der Waals surface area contributed by atoms with Crippen LogP contribution < -0.4 is 4.90 Å². The van der Waals surface area contributed by atoms with Crippen molar-refractivity contribution in [3.8, 4) is 0 Å². The van der Waals surface area contributed by atoms with Crippen molar-refractivity contribution in [2.75, 3.05) is 31.1 Å². The number of pyridine rings is 1. The first-order chi connectivity index (χ1) is 13.3. The zero-order chi connectivity index (χ0) is 19.9. The standard InChI is InChI=1S/C22H28BrN3O2/c1-22(2,3)28-21(27)25-9-6-15(7-10-25)14-26-11-8-16-12-24-13-17-18(23)4-5-19(26)20(16)17/h4-5,12-13,15H,6-11,14H2,1-3H3. The van der Waals surface area contributed by atoms with E-state index in [2.05, 4.69) is 37.9 Å². The smallest absolute Gasteiger partial charge is 0.410 e. The number of carbonyl (C=O) groups is 1. The monoisotopic (exact) mass is 445 g/mol. The summed E-state index contributed by atoms with van der Waals surface area (Å²) in [7, 11) is 0. The van der Waals surface area contributed by atoms with Gasteiger partial charge in [-0.3, -0.25) is 4.98 Å². The first-order valence-corrected chi connectivity index (χ1v) is 10.9. The molecule has 1 aromatic heterocycles. The molecule has 1 fully saturated rings. The van der Waals surface area contributed by atoms with Crippen LogP contribution in [-0.2, 0) is 11.2 Å². The van der Waals surface area contributed by atoms with Gasteiger partial charge in [0, 0.05) is 59.5 Å². The van der Waals surface area contributed by atoms with E-state index in [0.717, 1.165) is 49.9 Å². The highest BCUT2D eigenvalue weighted by Gasteiger charge is 2.29. The molecule has 0 N–H and O–H groups in total. The van der Waals surface area contributed by atoms with Crippen LogP contribution in [0.3, 0.4) is 0 Å². The summed E-state index contributed by atoms with van der Waals surface area (Å²) in [6.07, 6.45) is 6.87. The van der Waals surface area contributed by atoms with Gasteiger partial charge in [0.05, 0.1) is 0 Å². The molecule has 0 bridgehead atoms. The number of hydrogen-bond acceptors (Lipinski definition) is 4. The summed E-state index contributed by atoms with van der Waals surface area (Å²) in [6, 6.07) is 4.36. The number of ether oxygens (including phenoxy) is 1. The van der Waals surface area contributed by atoms with E-state index in [1.54, 1.807) is 0 Å². The zero-order valence-corrected chi connectivity index (χ0v) is 18.5. The fourth-order valence-electron chi connectivity index (χ4n) is 4.27. The predicted molar refractivity (Wildman–Crippen MR) is 116 cm³/mol. The van der Waals surface area contributed by atoms with Gasteiger partial charge in [-0.2, -0.15) is 0 Å². The molecular formula is C22H28BrN3O2. The van der Waals surface area contributed by atoms with Gasteiger partial charge >= 0.3 is 6.09 Å².